The molecule has 0 aliphatic rings. The van der Waals surface area contributed by atoms with Crippen LogP contribution in [0, 0.1) is 5.92 Å². The number of fused-ring (bicyclic) bond motifs is 1. The number of carboxylic acid groups (broad SMARTS) is 2. The molecule has 0 bridgehead atoms. The maximum absolute atomic E-state index is 13.3. The number of amides is 4. The molecule has 1 heterocycles. The van der Waals surface area contributed by atoms with E-state index in [0.29, 0.717) is 12.0 Å². The maximum Gasteiger partial charge on any atom is 0.326 e. The van der Waals surface area contributed by atoms with Gasteiger partial charge in [-0.05, 0) is 24.0 Å². The van der Waals surface area contributed by atoms with Crippen molar-refractivity contribution in [3.63, 3.8) is 0 Å². The van der Waals surface area contributed by atoms with E-state index in [4.69, 9.17) is 16.6 Å². The molecule has 4 amide bonds. The minimum Gasteiger partial charge on any atom is -0.481 e. The first-order valence-electron chi connectivity index (χ1n) is 12.8. The Hall–Kier alpha value is -4.46. The number of carbonyl (C=O) groups excluding carboxylic acids is 4. The van der Waals surface area contributed by atoms with Crippen molar-refractivity contribution in [1.82, 2.24) is 20.9 Å². The van der Waals surface area contributed by atoms with Gasteiger partial charge < -0.3 is 42.6 Å². The standard InChI is InChI=1S/C26H36N6O8/c1-3-13(2)22(32-24(37)18(8-9-21(34)35)30-23(36)16(27)11-20(28)33)25(38)31-19(26(39)40)10-14-12-29-17-7-5-4-6-15(14)17/h4-7,12-13,16,18-19,22,29H,3,8-11,27H2,1-2H3,(H2,28,33)(H,30,36)(H,31,38)(H,32,37)(H,34,35)(H,39,40). The number of aromatic nitrogens is 1. The van der Waals surface area contributed by atoms with Gasteiger partial charge in [0.2, 0.25) is 23.6 Å². The van der Waals surface area contributed by atoms with Crippen LogP contribution in [0.2, 0.25) is 0 Å². The molecule has 2 rings (SSSR count). The van der Waals surface area contributed by atoms with Gasteiger partial charge in [-0.3, -0.25) is 24.0 Å². The fraction of sp³-hybridized carbons (Fsp3) is 0.462. The lowest BCUT2D eigenvalue weighted by Gasteiger charge is -2.28. The molecular formula is C26H36N6O8. The first-order valence-corrected chi connectivity index (χ1v) is 12.8. The van der Waals surface area contributed by atoms with Crippen molar-refractivity contribution in [2.75, 3.05) is 0 Å². The average molecular weight is 561 g/mol. The molecule has 14 heteroatoms. The highest BCUT2D eigenvalue weighted by atomic mass is 16.4. The van der Waals surface area contributed by atoms with Gasteiger partial charge in [0.15, 0.2) is 0 Å². The number of carboxylic acids is 2. The van der Waals surface area contributed by atoms with Crippen LogP contribution in [0.1, 0.15) is 45.1 Å². The summed E-state index contributed by atoms with van der Waals surface area (Å²) in [4.78, 5) is 76.1. The largest absolute Gasteiger partial charge is 0.481 e. The van der Waals surface area contributed by atoms with Crippen molar-refractivity contribution in [2.24, 2.45) is 17.4 Å². The Balaban J connectivity index is 2.21. The highest BCUT2D eigenvalue weighted by Crippen LogP contribution is 2.19. The summed E-state index contributed by atoms with van der Waals surface area (Å²) in [6.07, 6.45) is 0.748. The van der Waals surface area contributed by atoms with E-state index >= 15 is 0 Å². The van der Waals surface area contributed by atoms with E-state index < -0.39 is 78.5 Å². The second kappa shape index (κ2) is 14.6. The molecule has 14 nitrogen and oxygen atoms in total. The first kappa shape index (κ1) is 31.8. The Kier molecular flexibility index (Phi) is 11.6. The number of H-pyrrole nitrogens is 1. The Morgan fingerprint density at radius 2 is 1.60 bits per heavy atom. The normalized spacial score (nSPS) is 14.8. The van der Waals surface area contributed by atoms with E-state index in [0.717, 1.165) is 10.9 Å². The van der Waals surface area contributed by atoms with Crippen LogP contribution >= 0.6 is 0 Å². The van der Waals surface area contributed by atoms with Crippen LogP contribution in [-0.2, 0) is 35.2 Å². The second-order valence-electron chi connectivity index (χ2n) is 9.61. The smallest absolute Gasteiger partial charge is 0.326 e. The second-order valence-corrected chi connectivity index (χ2v) is 9.61. The van der Waals surface area contributed by atoms with Crippen molar-refractivity contribution in [3.05, 3.63) is 36.0 Å². The summed E-state index contributed by atoms with van der Waals surface area (Å²) in [6.45, 7) is 3.44. The number of rotatable bonds is 16. The highest BCUT2D eigenvalue weighted by molar-refractivity contribution is 5.95. The highest BCUT2D eigenvalue weighted by Gasteiger charge is 2.33. The monoisotopic (exact) mass is 560 g/mol. The third-order valence-corrected chi connectivity index (χ3v) is 6.54. The third kappa shape index (κ3) is 9.08. The molecule has 0 saturated carbocycles. The molecule has 0 spiro atoms. The van der Waals surface area contributed by atoms with Gasteiger partial charge in [0.1, 0.15) is 18.1 Å². The lowest BCUT2D eigenvalue weighted by molar-refractivity contribution is -0.142. The van der Waals surface area contributed by atoms with Gasteiger partial charge in [-0.1, -0.05) is 38.5 Å². The molecular weight excluding hydrogens is 524 g/mol. The summed E-state index contributed by atoms with van der Waals surface area (Å²) in [5, 5.41) is 27.0. The summed E-state index contributed by atoms with van der Waals surface area (Å²) in [6, 6.07) is 2.01. The molecule has 5 atom stereocenters. The minimum absolute atomic E-state index is 0.0265. The maximum atomic E-state index is 13.3. The van der Waals surface area contributed by atoms with Crippen LogP contribution in [0.3, 0.4) is 0 Å². The summed E-state index contributed by atoms with van der Waals surface area (Å²) in [7, 11) is 0. The zero-order chi connectivity index (χ0) is 30.0. The van der Waals surface area contributed by atoms with E-state index in [2.05, 4.69) is 20.9 Å². The van der Waals surface area contributed by atoms with Crippen LogP contribution in [0.25, 0.3) is 10.9 Å². The molecule has 0 fully saturated rings. The fourth-order valence-electron chi connectivity index (χ4n) is 4.06. The summed E-state index contributed by atoms with van der Waals surface area (Å²) in [5.41, 5.74) is 12.2. The summed E-state index contributed by atoms with van der Waals surface area (Å²) in [5.74, 6) is -6.34. The number of carbonyl (C=O) groups is 6. The topological polar surface area (TPSA) is 247 Å². The summed E-state index contributed by atoms with van der Waals surface area (Å²) < 4.78 is 0. The van der Waals surface area contributed by atoms with Gasteiger partial charge >= 0.3 is 11.9 Å². The van der Waals surface area contributed by atoms with Crippen LogP contribution in [0.5, 0.6) is 0 Å². The Bertz CT molecular complexity index is 1240. The third-order valence-electron chi connectivity index (χ3n) is 6.54. The van der Waals surface area contributed by atoms with Gasteiger partial charge in [-0.2, -0.15) is 0 Å². The Morgan fingerprint density at radius 1 is 0.950 bits per heavy atom. The van der Waals surface area contributed by atoms with E-state index in [1.807, 2.05) is 24.3 Å². The number of aliphatic carboxylic acids is 2. The van der Waals surface area contributed by atoms with Gasteiger partial charge in [0, 0.05) is 29.9 Å². The average Bonchev–Trinajstić information content (AvgIpc) is 3.30. The zero-order valence-corrected chi connectivity index (χ0v) is 22.3. The van der Waals surface area contributed by atoms with E-state index in [9.17, 15) is 33.9 Å². The van der Waals surface area contributed by atoms with E-state index in [1.165, 1.54) is 0 Å². The van der Waals surface area contributed by atoms with Crippen LogP contribution in [-0.4, -0.2) is 74.9 Å². The van der Waals surface area contributed by atoms with Crippen molar-refractivity contribution in [1.29, 1.82) is 0 Å². The van der Waals surface area contributed by atoms with Gasteiger partial charge in [0.25, 0.3) is 0 Å². The number of aromatic amines is 1. The molecule has 0 radical (unpaired) electrons. The predicted molar refractivity (Wildman–Crippen MR) is 144 cm³/mol. The molecule has 2 aromatic rings. The van der Waals surface area contributed by atoms with Crippen molar-refractivity contribution in [3.8, 4) is 0 Å². The Morgan fingerprint density at radius 3 is 2.20 bits per heavy atom. The fourth-order valence-corrected chi connectivity index (χ4v) is 4.06. The van der Waals surface area contributed by atoms with E-state index in [1.54, 1.807) is 20.0 Å². The molecule has 1 aromatic heterocycles. The zero-order valence-electron chi connectivity index (χ0n) is 22.3. The first-order chi connectivity index (χ1) is 18.8. The van der Waals surface area contributed by atoms with Crippen LogP contribution < -0.4 is 27.4 Å². The van der Waals surface area contributed by atoms with E-state index in [-0.39, 0.29) is 12.8 Å². The van der Waals surface area contributed by atoms with Crippen molar-refractivity contribution < 1.29 is 39.0 Å². The lowest BCUT2D eigenvalue weighted by Crippen LogP contribution is -2.59. The molecule has 5 unspecified atom stereocenters. The SMILES string of the molecule is CCC(C)C(NC(=O)C(CCC(=O)O)NC(=O)C(N)CC(N)=O)C(=O)NC(Cc1c[nH]c2ccccc12)C(=O)O. The van der Waals surface area contributed by atoms with Crippen molar-refractivity contribution >= 4 is 46.5 Å². The number of primary amides is 1. The van der Waals surface area contributed by atoms with Crippen LogP contribution in [0.15, 0.2) is 30.5 Å². The lowest BCUT2D eigenvalue weighted by atomic mass is 9.96. The number of benzene rings is 1. The number of para-hydroxylation sites is 1. The molecule has 40 heavy (non-hydrogen) atoms. The predicted octanol–water partition coefficient (Wildman–Crippen LogP) is -0.637. The number of nitrogens with two attached hydrogens (primary N) is 2. The van der Waals surface area contributed by atoms with Gasteiger partial charge in [-0.15, -0.1) is 0 Å². The summed E-state index contributed by atoms with van der Waals surface area (Å²) >= 11 is 0. The molecule has 1 aromatic carbocycles. The quantitative estimate of drug-likeness (QED) is 0.130. The van der Waals surface area contributed by atoms with Crippen molar-refractivity contribution in [2.45, 2.75) is 70.1 Å². The number of hydrogen-bond acceptors (Lipinski definition) is 7. The molecule has 0 aliphatic heterocycles. The minimum atomic E-state index is -1.40. The molecule has 218 valence electrons. The number of hydrogen-bond donors (Lipinski definition) is 8. The molecule has 10 N–H and O–H groups in total. The Labute approximate surface area is 230 Å². The molecule has 0 aliphatic carbocycles. The molecule has 0 saturated heterocycles. The number of nitrogens with one attached hydrogen (secondary N) is 4. The van der Waals surface area contributed by atoms with Crippen LogP contribution in [0.4, 0.5) is 0 Å². The van der Waals surface area contributed by atoms with Gasteiger partial charge in [0.05, 0.1) is 12.5 Å². The van der Waals surface area contributed by atoms with Gasteiger partial charge in [-0.25, -0.2) is 4.79 Å².